The van der Waals surface area contributed by atoms with Crippen molar-refractivity contribution in [3.63, 3.8) is 0 Å². The molecule has 0 bridgehead atoms. The number of rotatable bonds is 5. The van der Waals surface area contributed by atoms with Gasteiger partial charge in [0, 0.05) is 13.1 Å². The Morgan fingerprint density at radius 3 is 2.29 bits per heavy atom. The molecule has 4 nitrogen and oxygen atoms in total. The Hall–Kier alpha value is -1.71. The van der Waals surface area contributed by atoms with E-state index in [4.69, 9.17) is 0 Å². The lowest BCUT2D eigenvalue weighted by atomic mass is 10.1. The highest BCUT2D eigenvalue weighted by Crippen LogP contribution is 2.29. The van der Waals surface area contributed by atoms with E-state index in [1.54, 1.807) is 11.0 Å². The second-order valence-electron chi connectivity index (χ2n) is 3.97. The molecule has 0 radical (unpaired) electrons. The first-order valence-electron chi connectivity index (χ1n) is 5.92. The van der Waals surface area contributed by atoms with Gasteiger partial charge in [-0.15, -0.1) is 0 Å². The van der Waals surface area contributed by atoms with Crippen molar-refractivity contribution in [2.75, 3.05) is 13.1 Å². The Labute approximate surface area is 101 Å². The first kappa shape index (κ1) is 13.4. The summed E-state index contributed by atoms with van der Waals surface area (Å²) < 4.78 is 0. The van der Waals surface area contributed by atoms with Gasteiger partial charge in [0.2, 0.25) is 0 Å². The number of benzene rings is 1. The van der Waals surface area contributed by atoms with Crippen LogP contribution in [-0.4, -0.2) is 34.1 Å². The van der Waals surface area contributed by atoms with E-state index in [1.165, 1.54) is 12.1 Å². The quantitative estimate of drug-likeness (QED) is 0.773. The summed E-state index contributed by atoms with van der Waals surface area (Å²) in [6.45, 7) is 5.31. The number of nitrogens with zero attached hydrogens (tertiary/aromatic N) is 1. The van der Waals surface area contributed by atoms with Gasteiger partial charge in [-0.2, -0.15) is 0 Å². The Morgan fingerprint density at radius 1 is 1.18 bits per heavy atom. The number of hydrogen-bond donors (Lipinski definition) is 2. The van der Waals surface area contributed by atoms with Gasteiger partial charge in [0.25, 0.3) is 5.91 Å². The van der Waals surface area contributed by atoms with Gasteiger partial charge >= 0.3 is 0 Å². The van der Waals surface area contributed by atoms with Crippen LogP contribution in [0.15, 0.2) is 18.2 Å². The molecule has 17 heavy (non-hydrogen) atoms. The number of aromatic hydroxyl groups is 2. The minimum absolute atomic E-state index is 0.159. The third kappa shape index (κ3) is 3.12. The van der Waals surface area contributed by atoms with Gasteiger partial charge in [-0.3, -0.25) is 4.79 Å². The molecular weight excluding hydrogens is 218 g/mol. The van der Waals surface area contributed by atoms with Crippen LogP contribution in [0.3, 0.4) is 0 Å². The lowest BCUT2D eigenvalue weighted by molar-refractivity contribution is 0.0752. The minimum Gasteiger partial charge on any atom is -0.504 e. The van der Waals surface area contributed by atoms with Crippen LogP contribution in [0, 0.1) is 0 Å². The molecule has 94 valence electrons. The second kappa shape index (κ2) is 6.13. The van der Waals surface area contributed by atoms with Gasteiger partial charge in [0.1, 0.15) is 0 Å². The molecule has 0 fully saturated rings. The van der Waals surface area contributed by atoms with Crippen molar-refractivity contribution in [2.45, 2.75) is 26.7 Å². The molecule has 0 heterocycles. The van der Waals surface area contributed by atoms with Crippen LogP contribution in [-0.2, 0) is 0 Å². The molecule has 0 aliphatic rings. The third-order valence-electron chi connectivity index (χ3n) is 2.52. The summed E-state index contributed by atoms with van der Waals surface area (Å²) in [5, 5.41) is 19.0. The van der Waals surface area contributed by atoms with Gasteiger partial charge in [-0.1, -0.05) is 19.9 Å². The molecule has 4 heteroatoms. The zero-order valence-corrected chi connectivity index (χ0v) is 10.3. The lowest BCUT2D eigenvalue weighted by Crippen LogP contribution is -2.32. The molecule has 0 atom stereocenters. The van der Waals surface area contributed by atoms with E-state index in [2.05, 4.69) is 0 Å². The predicted molar refractivity (Wildman–Crippen MR) is 66.3 cm³/mol. The van der Waals surface area contributed by atoms with Crippen molar-refractivity contribution in [3.8, 4) is 11.5 Å². The zero-order chi connectivity index (χ0) is 12.8. The molecular formula is C13H19NO3. The highest BCUT2D eigenvalue weighted by Gasteiger charge is 2.19. The van der Waals surface area contributed by atoms with E-state index < -0.39 is 0 Å². The van der Waals surface area contributed by atoms with Crippen molar-refractivity contribution >= 4 is 5.91 Å². The highest BCUT2D eigenvalue weighted by atomic mass is 16.3. The molecule has 1 aromatic rings. The minimum atomic E-state index is -0.338. The first-order valence-corrected chi connectivity index (χ1v) is 5.92. The van der Waals surface area contributed by atoms with E-state index in [1.807, 2.05) is 13.8 Å². The summed E-state index contributed by atoms with van der Waals surface area (Å²) >= 11 is 0. The Balaban J connectivity index is 2.96. The van der Waals surface area contributed by atoms with E-state index in [-0.39, 0.29) is 23.0 Å². The van der Waals surface area contributed by atoms with Crippen LogP contribution in [0.5, 0.6) is 11.5 Å². The molecule has 0 aliphatic carbocycles. The average Bonchev–Trinajstić information content (AvgIpc) is 2.31. The van der Waals surface area contributed by atoms with Crippen molar-refractivity contribution in [1.29, 1.82) is 0 Å². The van der Waals surface area contributed by atoms with Crippen molar-refractivity contribution in [2.24, 2.45) is 0 Å². The van der Waals surface area contributed by atoms with Crippen LogP contribution in [0.4, 0.5) is 0 Å². The molecule has 0 aromatic heterocycles. The molecule has 0 saturated carbocycles. The smallest absolute Gasteiger partial charge is 0.257 e. The molecule has 0 unspecified atom stereocenters. The summed E-state index contributed by atoms with van der Waals surface area (Å²) in [7, 11) is 0. The number of hydrogen-bond acceptors (Lipinski definition) is 3. The van der Waals surface area contributed by atoms with Gasteiger partial charge in [-0.25, -0.2) is 0 Å². The van der Waals surface area contributed by atoms with Crippen molar-refractivity contribution in [1.82, 2.24) is 4.90 Å². The van der Waals surface area contributed by atoms with Gasteiger partial charge in [-0.05, 0) is 25.0 Å². The molecule has 1 amide bonds. The van der Waals surface area contributed by atoms with E-state index >= 15 is 0 Å². The topological polar surface area (TPSA) is 60.8 Å². The van der Waals surface area contributed by atoms with E-state index in [0.717, 1.165) is 12.8 Å². The fourth-order valence-corrected chi connectivity index (χ4v) is 1.73. The zero-order valence-electron chi connectivity index (χ0n) is 10.3. The van der Waals surface area contributed by atoms with E-state index in [0.29, 0.717) is 13.1 Å². The fourth-order valence-electron chi connectivity index (χ4n) is 1.73. The lowest BCUT2D eigenvalue weighted by Gasteiger charge is -2.22. The highest BCUT2D eigenvalue weighted by molar-refractivity contribution is 5.97. The summed E-state index contributed by atoms with van der Waals surface area (Å²) in [6.07, 6.45) is 1.73. The average molecular weight is 237 g/mol. The van der Waals surface area contributed by atoms with Crippen LogP contribution in [0.1, 0.15) is 37.0 Å². The van der Waals surface area contributed by atoms with Crippen LogP contribution in [0.2, 0.25) is 0 Å². The number of para-hydroxylation sites is 1. The standard InChI is InChI=1S/C13H19NO3/c1-3-8-14(9-4-2)13(17)10-6-5-7-11(15)12(10)16/h5-7,15-16H,3-4,8-9H2,1-2H3. The van der Waals surface area contributed by atoms with Crippen molar-refractivity contribution in [3.05, 3.63) is 23.8 Å². The summed E-state index contributed by atoms with van der Waals surface area (Å²) in [6, 6.07) is 4.43. The van der Waals surface area contributed by atoms with Crippen LogP contribution < -0.4 is 0 Å². The monoisotopic (exact) mass is 237 g/mol. The number of phenols is 2. The predicted octanol–water partition coefficient (Wildman–Crippen LogP) is 2.36. The molecule has 0 saturated heterocycles. The number of phenolic OH excluding ortho intramolecular Hbond substituents is 2. The van der Waals surface area contributed by atoms with E-state index in [9.17, 15) is 15.0 Å². The third-order valence-corrected chi connectivity index (χ3v) is 2.52. The maximum atomic E-state index is 12.2. The molecule has 0 aliphatic heterocycles. The second-order valence-corrected chi connectivity index (χ2v) is 3.97. The molecule has 2 N–H and O–H groups in total. The number of amides is 1. The summed E-state index contributed by atoms with van der Waals surface area (Å²) in [5.74, 6) is -0.833. The van der Waals surface area contributed by atoms with Crippen LogP contribution in [0.25, 0.3) is 0 Å². The Bertz CT molecular complexity index is 384. The first-order chi connectivity index (χ1) is 8.11. The maximum Gasteiger partial charge on any atom is 0.257 e. The van der Waals surface area contributed by atoms with Gasteiger partial charge < -0.3 is 15.1 Å². The summed E-state index contributed by atoms with van der Waals surface area (Å²) in [5.41, 5.74) is 0.159. The number of carbonyl (C=O) groups is 1. The summed E-state index contributed by atoms with van der Waals surface area (Å²) in [4.78, 5) is 13.8. The molecule has 1 rings (SSSR count). The largest absolute Gasteiger partial charge is 0.504 e. The fraction of sp³-hybridized carbons (Fsp3) is 0.462. The SMILES string of the molecule is CCCN(CCC)C(=O)c1cccc(O)c1O. The van der Waals surface area contributed by atoms with Crippen molar-refractivity contribution < 1.29 is 15.0 Å². The van der Waals surface area contributed by atoms with Gasteiger partial charge in [0.15, 0.2) is 11.5 Å². The Kier molecular flexibility index (Phi) is 4.82. The van der Waals surface area contributed by atoms with Gasteiger partial charge in [0.05, 0.1) is 5.56 Å². The Morgan fingerprint density at radius 2 is 1.76 bits per heavy atom. The molecule has 1 aromatic carbocycles. The molecule has 0 spiro atoms. The normalized spacial score (nSPS) is 10.2. The van der Waals surface area contributed by atoms with Crippen LogP contribution >= 0.6 is 0 Å². The number of carbonyl (C=O) groups excluding carboxylic acids is 1. The maximum absolute atomic E-state index is 12.2.